The number of rotatable bonds is 5. The van der Waals surface area contributed by atoms with Gasteiger partial charge in [0.2, 0.25) is 0 Å². The lowest BCUT2D eigenvalue weighted by atomic mass is 9.98. The Morgan fingerprint density at radius 2 is 1.74 bits per heavy atom. The fraction of sp³-hybridized carbons (Fsp3) is 0.235. The number of pyridine rings is 1. The van der Waals surface area contributed by atoms with Gasteiger partial charge in [-0.3, -0.25) is 4.98 Å². The van der Waals surface area contributed by atoms with Crippen LogP contribution in [0, 0.1) is 12.3 Å². The zero-order valence-electron chi connectivity index (χ0n) is 11.1. The van der Waals surface area contributed by atoms with Crippen LogP contribution in [0.1, 0.15) is 30.5 Å². The number of aromatic nitrogens is 1. The van der Waals surface area contributed by atoms with E-state index in [1.165, 1.54) is 11.1 Å². The van der Waals surface area contributed by atoms with Crippen LogP contribution in [-0.2, 0) is 0 Å². The summed E-state index contributed by atoms with van der Waals surface area (Å²) in [5, 5.41) is 3.58. The van der Waals surface area contributed by atoms with E-state index in [0.29, 0.717) is 6.42 Å². The largest absolute Gasteiger partial charge is 0.303 e. The van der Waals surface area contributed by atoms with Gasteiger partial charge in [0.1, 0.15) is 0 Å². The SMILES string of the molecule is C#CCC(C)NC(c1ccccc1)c1ccncc1. The Labute approximate surface area is 114 Å². The summed E-state index contributed by atoms with van der Waals surface area (Å²) in [6, 6.07) is 14.9. The zero-order valence-corrected chi connectivity index (χ0v) is 11.1. The summed E-state index contributed by atoms with van der Waals surface area (Å²) in [6.45, 7) is 2.11. The van der Waals surface area contributed by atoms with Gasteiger partial charge in [-0.25, -0.2) is 0 Å². The van der Waals surface area contributed by atoms with E-state index in [4.69, 9.17) is 6.42 Å². The maximum Gasteiger partial charge on any atom is 0.0580 e. The molecular weight excluding hydrogens is 232 g/mol. The molecule has 1 heterocycles. The minimum atomic E-state index is 0.146. The van der Waals surface area contributed by atoms with E-state index in [1.807, 2.05) is 30.6 Å². The summed E-state index contributed by atoms with van der Waals surface area (Å²) < 4.78 is 0. The molecule has 0 aliphatic rings. The van der Waals surface area contributed by atoms with E-state index in [1.54, 1.807) is 0 Å². The van der Waals surface area contributed by atoms with Gasteiger partial charge in [-0.2, -0.15) is 0 Å². The third-order valence-corrected chi connectivity index (χ3v) is 3.05. The van der Waals surface area contributed by atoms with Crippen LogP contribution < -0.4 is 5.32 Å². The molecule has 0 saturated carbocycles. The van der Waals surface area contributed by atoms with Crippen molar-refractivity contribution in [1.29, 1.82) is 0 Å². The molecule has 1 aromatic carbocycles. The van der Waals surface area contributed by atoms with E-state index in [9.17, 15) is 0 Å². The molecule has 0 aliphatic carbocycles. The van der Waals surface area contributed by atoms with Crippen LogP contribution in [0.2, 0.25) is 0 Å². The Kier molecular flexibility index (Phi) is 4.72. The topological polar surface area (TPSA) is 24.9 Å². The molecule has 96 valence electrons. The summed E-state index contributed by atoms with van der Waals surface area (Å²) in [5.74, 6) is 2.70. The highest BCUT2D eigenvalue weighted by Crippen LogP contribution is 2.22. The van der Waals surface area contributed by atoms with Crippen LogP contribution in [-0.4, -0.2) is 11.0 Å². The molecule has 2 atom stereocenters. The van der Waals surface area contributed by atoms with E-state index in [2.05, 4.69) is 47.4 Å². The lowest BCUT2D eigenvalue weighted by molar-refractivity contribution is 0.506. The van der Waals surface area contributed by atoms with Crippen molar-refractivity contribution in [2.45, 2.75) is 25.4 Å². The van der Waals surface area contributed by atoms with Crippen LogP contribution >= 0.6 is 0 Å². The molecule has 2 nitrogen and oxygen atoms in total. The second-order valence-electron chi connectivity index (χ2n) is 4.60. The van der Waals surface area contributed by atoms with Crippen LogP contribution in [0.15, 0.2) is 54.9 Å². The summed E-state index contributed by atoms with van der Waals surface area (Å²) in [7, 11) is 0. The quantitative estimate of drug-likeness (QED) is 0.824. The normalized spacial score (nSPS) is 13.5. The molecule has 0 bridgehead atoms. The van der Waals surface area contributed by atoms with Crippen molar-refractivity contribution in [2.75, 3.05) is 0 Å². The fourth-order valence-electron chi connectivity index (χ4n) is 2.11. The summed E-state index contributed by atoms with van der Waals surface area (Å²) in [4.78, 5) is 4.08. The molecule has 0 fully saturated rings. The van der Waals surface area contributed by atoms with Crippen LogP contribution in [0.3, 0.4) is 0 Å². The second kappa shape index (κ2) is 6.72. The van der Waals surface area contributed by atoms with Crippen molar-refractivity contribution < 1.29 is 0 Å². The molecule has 2 unspecified atom stereocenters. The van der Waals surface area contributed by atoms with Gasteiger partial charge in [-0.1, -0.05) is 30.3 Å². The van der Waals surface area contributed by atoms with Gasteiger partial charge >= 0.3 is 0 Å². The first-order chi connectivity index (χ1) is 9.31. The highest BCUT2D eigenvalue weighted by Gasteiger charge is 2.15. The molecule has 0 saturated heterocycles. The third-order valence-electron chi connectivity index (χ3n) is 3.05. The van der Waals surface area contributed by atoms with Crippen molar-refractivity contribution in [3.05, 3.63) is 66.0 Å². The van der Waals surface area contributed by atoms with E-state index >= 15 is 0 Å². The average molecular weight is 250 g/mol. The molecule has 2 heteroatoms. The Morgan fingerprint density at radius 1 is 1.11 bits per heavy atom. The molecule has 0 amide bonds. The van der Waals surface area contributed by atoms with Gasteiger partial charge in [0, 0.05) is 24.9 Å². The van der Waals surface area contributed by atoms with Crippen molar-refractivity contribution in [2.24, 2.45) is 0 Å². The van der Waals surface area contributed by atoms with E-state index in [-0.39, 0.29) is 12.1 Å². The summed E-state index contributed by atoms with van der Waals surface area (Å²) >= 11 is 0. The standard InChI is InChI=1S/C17H18N2/c1-3-7-14(2)19-17(15-8-5-4-6-9-15)16-10-12-18-13-11-16/h1,4-6,8-14,17,19H,7H2,2H3. The summed E-state index contributed by atoms with van der Waals surface area (Å²) in [6.07, 6.45) is 9.74. The van der Waals surface area contributed by atoms with Crippen LogP contribution in [0.5, 0.6) is 0 Å². The van der Waals surface area contributed by atoms with Crippen molar-refractivity contribution >= 4 is 0 Å². The first kappa shape index (κ1) is 13.3. The predicted molar refractivity (Wildman–Crippen MR) is 78.6 cm³/mol. The molecule has 1 N–H and O–H groups in total. The molecule has 1 aromatic heterocycles. The fourth-order valence-corrected chi connectivity index (χ4v) is 2.11. The molecule has 0 spiro atoms. The smallest absolute Gasteiger partial charge is 0.0580 e. The lowest BCUT2D eigenvalue weighted by Gasteiger charge is -2.23. The minimum absolute atomic E-state index is 0.146. The molecule has 19 heavy (non-hydrogen) atoms. The van der Waals surface area contributed by atoms with Gasteiger partial charge in [-0.15, -0.1) is 12.3 Å². The molecule has 0 aliphatic heterocycles. The number of hydrogen-bond acceptors (Lipinski definition) is 2. The Balaban J connectivity index is 2.27. The first-order valence-electron chi connectivity index (χ1n) is 6.45. The number of benzene rings is 1. The van der Waals surface area contributed by atoms with Crippen molar-refractivity contribution in [3.8, 4) is 12.3 Å². The van der Waals surface area contributed by atoms with Gasteiger partial charge < -0.3 is 5.32 Å². The number of terminal acetylenes is 1. The second-order valence-corrected chi connectivity index (χ2v) is 4.60. The molecule has 2 aromatic rings. The number of hydrogen-bond donors (Lipinski definition) is 1. The lowest BCUT2D eigenvalue weighted by Crippen LogP contribution is -2.31. The molecule has 0 radical (unpaired) electrons. The maximum absolute atomic E-state index is 5.38. The Bertz CT molecular complexity index is 489. The maximum atomic E-state index is 5.38. The van der Waals surface area contributed by atoms with E-state index < -0.39 is 0 Å². The predicted octanol–water partition coefficient (Wildman–Crippen LogP) is 3.17. The van der Waals surface area contributed by atoms with Crippen LogP contribution in [0.25, 0.3) is 0 Å². The van der Waals surface area contributed by atoms with Crippen molar-refractivity contribution in [3.63, 3.8) is 0 Å². The third kappa shape index (κ3) is 3.67. The minimum Gasteiger partial charge on any atom is -0.303 e. The zero-order chi connectivity index (χ0) is 13.5. The van der Waals surface area contributed by atoms with E-state index in [0.717, 1.165) is 0 Å². The van der Waals surface area contributed by atoms with Gasteiger partial charge in [-0.05, 0) is 30.2 Å². The molecule has 2 rings (SSSR count). The monoisotopic (exact) mass is 250 g/mol. The Hall–Kier alpha value is -2.11. The average Bonchev–Trinajstić information content (AvgIpc) is 2.47. The first-order valence-corrected chi connectivity index (χ1v) is 6.45. The highest BCUT2D eigenvalue weighted by atomic mass is 14.9. The van der Waals surface area contributed by atoms with Gasteiger partial charge in [0.15, 0.2) is 0 Å². The Morgan fingerprint density at radius 3 is 2.37 bits per heavy atom. The summed E-state index contributed by atoms with van der Waals surface area (Å²) in [5.41, 5.74) is 2.43. The number of nitrogens with zero attached hydrogens (tertiary/aromatic N) is 1. The van der Waals surface area contributed by atoms with Gasteiger partial charge in [0.05, 0.1) is 6.04 Å². The van der Waals surface area contributed by atoms with Gasteiger partial charge in [0.25, 0.3) is 0 Å². The number of nitrogens with one attached hydrogen (secondary N) is 1. The van der Waals surface area contributed by atoms with Crippen molar-refractivity contribution in [1.82, 2.24) is 10.3 Å². The highest BCUT2D eigenvalue weighted by molar-refractivity contribution is 5.30. The molecular formula is C17H18N2. The van der Waals surface area contributed by atoms with Crippen LogP contribution in [0.4, 0.5) is 0 Å².